The third-order valence-corrected chi connectivity index (χ3v) is 4.04. The Morgan fingerprint density at radius 2 is 2.00 bits per heavy atom. The van der Waals surface area contributed by atoms with Crippen molar-refractivity contribution in [2.75, 3.05) is 33.4 Å². The van der Waals surface area contributed by atoms with E-state index in [0.29, 0.717) is 26.3 Å². The summed E-state index contributed by atoms with van der Waals surface area (Å²) in [7, 11) is 1.67. The Balaban J connectivity index is 2.02. The van der Waals surface area contributed by atoms with Crippen LogP contribution in [0, 0.1) is 6.92 Å². The first-order valence-electron chi connectivity index (χ1n) is 7.80. The Hall–Kier alpha value is -1.59. The van der Waals surface area contributed by atoms with Gasteiger partial charge in [-0.2, -0.15) is 0 Å². The molecule has 122 valence electrons. The summed E-state index contributed by atoms with van der Waals surface area (Å²) in [4.78, 5) is 14.3. The van der Waals surface area contributed by atoms with Crippen LogP contribution >= 0.6 is 0 Å². The largest absolute Gasteiger partial charge is 0.496 e. The molecule has 1 saturated heterocycles. The molecule has 0 spiro atoms. The lowest BCUT2D eigenvalue weighted by molar-refractivity contribution is -0.137. The fourth-order valence-corrected chi connectivity index (χ4v) is 2.79. The Morgan fingerprint density at radius 1 is 1.32 bits per heavy atom. The average Bonchev–Trinajstić information content (AvgIpc) is 2.54. The third-order valence-electron chi connectivity index (χ3n) is 4.04. The maximum atomic E-state index is 12.5. The lowest BCUT2D eigenvalue weighted by Gasteiger charge is -2.31. The van der Waals surface area contributed by atoms with Crippen molar-refractivity contribution in [2.45, 2.75) is 32.9 Å². The molecule has 0 radical (unpaired) electrons. The lowest BCUT2D eigenvalue weighted by Crippen LogP contribution is -2.49. The molecule has 1 amide bonds. The quantitative estimate of drug-likeness (QED) is 0.903. The zero-order chi connectivity index (χ0) is 16.1. The summed E-state index contributed by atoms with van der Waals surface area (Å²) in [5, 5.41) is 3.38. The summed E-state index contributed by atoms with van der Waals surface area (Å²) in [6, 6.07) is 5.89. The fourth-order valence-electron chi connectivity index (χ4n) is 2.79. The van der Waals surface area contributed by atoms with Gasteiger partial charge in [0.25, 0.3) is 0 Å². The summed E-state index contributed by atoms with van der Waals surface area (Å²) < 4.78 is 10.7. The number of benzene rings is 1. The number of aryl methyl sites for hydroxylation is 1. The smallest absolute Gasteiger partial charge is 0.239 e. The molecular weight excluding hydrogens is 280 g/mol. The molecule has 1 aliphatic rings. The molecule has 1 heterocycles. The van der Waals surface area contributed by atoms with E-state index in [0.717, 1.165) is 11.3 Å². The monoisotopic (exact) mass is 306 g/mol. The van der Waals surface area contributed by atoms with Gasteiger partial charge in [0.15, 0.2) is 0 Å². The van der Waals surface area contributed by atoms with Gasteiger partial charge in [0.2, 0.25) is 5.91 Å². The molecule has 2 atom stereocenters. The van der Waals surface area contributed by atoms with Crippen molar-refractivity contribution in [1.29, 1.82) is 0 Å². The second-order valence-electron chi connectivity index (χ2n) is 5.79. The van der Waals surface area contributed by atoms with Crippen LogP contribution in [-0.4, -0.2) is 50.3 Å². The first-order valence-corrected chi connectivity index (χ1v) is 7.80. The second kappa shape index (κ2) is 7.61. The van der Waals surface area contributed by atoms with Crippen LogP contribution in [-0.2, 0) is 9.53 Å². The van der Waals surface area contributed by atoms with Crippen molar-refractivity contribution in [1.82, 2.24) is 10.2 Å². The van der Waals surface area contributed by atoms with E-state index >= 15 is 0 Å². The molecule has 22 heavy (non-hydrogen) atoms. The Labute approximate surface area is 132 Å². The number of morpholine rings is 1. The fraction of sp³-hybridized carbons (Fsp3) is 0.588. The maximum Gasteiger partial charge on any atom is 0.239 e. The summed E-state index contributed by atoms with van der Waals surface area (Å²) in [6.45, 7) is 8.62. The van der Waals surface area contributed by atoms with Gasteiger partial charge < -0.3 is 14.4 Å². The number of methoxy groups -OCH3 is 1. The molecule has 0 unspecified atom stereocenters. The van der Waals surface area contributed by atoms with Gasteiger partial charge in [0.1, 0.15) is 5.75 Å². The van der Waals surface area contributed by atoms with Crippen molar-refractivity contribution >= 4 is 5.91 Å². The summed E-state index contributed by atoms with van der Waals surface area (Å²) in [5.41, 5.74) is 2.25. The SMILES string of the molecule is COc1ccc(C)cc1[C@@H](C)N[C@@H](C)C(=O)N1CCOCC1. The maximum absolute atomic E-state index is 12.5. The van der Waals surface area contributed by atoms with Gasteiger partial charge in [-0.05, 0) is 26.8 Å². The molecule has 5 nitrogen and oxygen atoms in total. The van der Waals surface area contributed by atoms with Gasteiger partial charge in [0.05, 0.1) is 26.4 Å². The van der Waals surface area contributed by atoms with E-state index < -0.39 is 0 Å². The van der Waals surface area contributed by atoms with Crippen LogP contribution in [0.4, 0.5) is 0 Å². The molecule has 1 aromatic rings. The van der Waals surface area contributed by atoms with Crippen LogP contribution < -0.4 is 10.1 Å². The Kier molecular flexibility index (Phi) is 5.80. The molecule has 1 fully saturated rings. The molecular formula is C17H26N2O3. The topological polar surface area (TPSA) is 50.8 Å². The highest BCUT2D eigenvalue weighted by atomic mass is 16.5. The number of ether oxygens (including phenoxy) is 2. The highest BCUT2D eigenvalue weighted by Gasteiger charge is 2.24. The average molecular weight is 306 g/mol. The van der Waals surface area contributed by atoms with Crippen molar-refractivity contribution in [3.63, 3.8) is 0 Å². The number of nitrogens with zero attached hydrogens (tertiary/aromatic N) is 1. The number of carbonyl (C=O) groups is 1. The minimum absolute atomic E-state index is 0.0369. The zero-order valence-corrected chi connectivity index (χ0v) is 13.9. The molecule has 1 aliphatic heterocycles. The number of carbonyl (C=O) groups excluding carboxylic acids is 1. The van der Waals surface area contributed by atoms with E-state index in [1.54, 1.807) is 7.11 Å². The number of nitrogens with one attached hydrogen (secondary N) is 1. The normalized spacial score (nSPS) is 17.9. The minimum Gasteiger partial charge on any atom is -0.496 e. The van der Waals surface area contributed by atoms with Crippen LogP contribution in [0.5, 0.6) is 5.75 Å². The molecule has 0 bridgehead atoms. The van der Waals surface area contributed by atoms with Crippen molar-refractivity contribution in [3.05, 3.63) is 29.3 Å². The van der Waals surface area contributed by atoms with E-state index in [1.807, 2.05) is 24.0 Å². The first-order chi connectivity index (χ1) is 10.5. The van der Waals surface area contributed by atoms with E-state index in [4.69, 9.17) is 9.47 Å². The standard InChI is InChI=1S/C17H26N2O3/c1-12-5-6-16(21-4)15(11-12)13(2)18-14(3)17(20)19-7-9-22-10-8-19/h5-6,11,13-14,18H,7-10H2,1-4H3/t13-,14+/m1/s1. The van der Waals surface area contributed by atoms with Crippen LogP contribution in [0.2, 0.25) is 0 Å². The van der Waals surface area contributed by atoms with Crippen LogP contribution in [0.3, 0.4) is 0 Å². The van der Waals surface area contributed by atoms with Gasteiger partial charge in [-0.3, -0.25) is 10.1 Å². The Bertz CT molecular complexity index is 513. The van der Waals surface area contributed by atoms with Crippen LogP contribution in [0.25, 0.3) is 0 Å². The Morgan fingerprint density at radius 3 is 2.64 bits per heavy atom. The molecule has 2 rings (SSSR count). The van der Waals surface area contributed by atoms with Crippen molar-refractivity contribution in [3.8, 4) is 5.75 Å². The van der Waals surface area contributed by atoms with Crippen LogP contribution in [0.15, 0.2) is 18.2 Å². The van der Waals surface area contributed by atoms with Gasteiger partial charge in [-0.25, -0.2) is 0 Å². The molecule has 0 aromatic heterocycles. The summed E-state index contributed by atoms with van der Waals surface area (Å²) in [5.74, 6) is 0.971. The third kappa shape index (κ3) is 3.99. The second-order valence-corrected chi connectivity index (χ2v) is 5.79. The summed E-state index contributed by atoms with van der Waals surface area (Å²) in [6.07, 6.45) is 0. The number of rotatable bonds is 5. The first kappa shape index (κ1) is 16.8. The van der Waals surface area contributed by atoms with Gasteiger partial charge >= 0.3 is 0 Å². The molecule has 1 N–H and O–H groups in total. The predicted molar refractivity (Wildman–Crippen MR) is 86.1 cm³/mol. The lowest BCUT2D eigenvalue weighted by atomic mass is 10.0. The molecule has 0 aliphatic carbocycles. The van der Waals surface area contributed by atoms with Crippen LogP contribution in [0.1, 0.15) is 31.0 Å². The number of hydrogen-bond acceptors (Lipinski definition) is 4. The predicted octanol–water partition coefficient (Wildman–Crippen LogP) is 1.90. The number of amides is 1. The zero-order valence-electron chi connectivity index (χ0n) is 13.9. The van der Waals surface area contributed by atoms with Crippen molar-refractivity contribution < 1.29 is 14.3 Å². The minimum atomic E-state index is -0.238. The number of hydrogen-bond donors (Lipinski definition) is 1. The van der Waals surface area contributed by atoms with Gasteiger partial charge in [-0.1, -0.05) is 17.7 Å². The van der Waals surface area contributed by atoms with E-state index in [-0.39, 0.29) is 18.0 Å². The van der Waals surface area contributed by atoms with E-state index in [2.05, 4.69) is 25.2 Å². The van der Waals surface area contributed by atoms with E-state index in [1.165, 1.54) is 5.56 Å². The summed E-state index contributed by atoms with van der Waals surface area (Å²) >= 11 is 0. The van der Waals surface area contributed by atoms with E-state index in [9.17, 15) is 4.79 Å². The van der Waals surface area contributed by atoms with Gasteiger partial charge in [0, 0.05) is 24.7 Å². The highest BCUT2D eigenvalue weighted by Crippen LogP contribution is 2.26. The molecule has 0 saturated carbocycles. The van der Waals surface area contributed by atoms with Gasteiger partial charge in [-0.15, -0.1) is 0 Å². The van der Waals surface area contributed by atoms with Crippen molar-refractivity contribution in [2.24, 2.45) is 0 Å². The highest BCUT2D eigenvalue weighted by molar-refractivity contribution is 5.81. The molecule has 1 aromatic carbocycles. The molecule has 5 heteroatoms.